The van der Waals surface area contributed by atoms with Gasteiger partial charge in [-0.05, 0) is 85.5 Å². The van der Waals surface area contributed by atoms with Crippen molar-refractivity contribution in [3.8, 4) is 50.7 Å². The molecule has 2 heterocycles. The van der Waals surface area contributed by atoms with E-state index in [2.05, 4.69) is 162 Å². The predicted octanol–water partition coefficient (Wildman–Crippen LogP) is 13.7. The highest BCUT2D eigenvalue weighted by Gasteiger charge is 2.20. The van der Waals surface area contributed by atoms with Crippen LogP contribution in [0.25, 0.3) is 79.3 Å². The molecule has 0 N–H and O–H groups in total. The second kappa shape index (κ2) is 16.0. The van der Waals surface area contributed by atoms with Crippen LogP contribution < -0.4 is 4.90 Å². The lowest BCUT2D eigenvalue weighted by Gasteiger charge is -2.24. The van der Waals surface area contributed by atoms with E-state index in [1.807, 2.05) is 62.4 Å². The molecule has 0 amide bonds. The highest BCUT2D eigenvalue weighted by Crippen LogP contribution is 2.40. The molecule has 5 heteroatoms. The molecular weight excluding hydrogens is 707 g/mol. The zero-order valence-electron chi connectivity index (χ0n) is 32.9. The third kappa shape index (κ3) is 6.99. The first kappa shape index (κ1) is 36.3. The lowest BCUT2D eigenvalue weighted by Crippen LogP contribution is -2.10. The number of hydrogen-bond acceptors (Lipinski definition) is 4. The average Bonchev–Trinajstić information content (AvgIpc) is 3.40. The Hall–Kier alpha value is -7.37. The number of anilines is 2. The van der Waals surface area contributed by atoms with E-state index in [4.69, 9.17) is 15.0 Å². The molecule has 5 nitrogen and oxygen atoms in total. The average molecular weight is 750 g/mol. The summed E-state index contributed by atoms with van der Waals surface area (Å²) in [5, 5.41) is 1.20. The van der Waals surface area contributed by atoms with Crippen LogP contribution in [0.5, 0.6) is 0 Å². The van der Waals surface area contributed by atoms with Crippen LogP contribution in [-0.2, 0) is 0 Å². The second-order valence-electron chi connectivity index (χ2n) is 14.4. The molecule has 0 saturated heterocycles. The molecule has 1 aliphatic carbocycles. The number of para-hydroxylation sites is 1. The van der Waals surface area contributed by atoms with Gasteiger partial charge in [0.05, 0.1) is 11.2 Å². The second-order valence-corrected chi connectivity index (χ2v) is 14.4. The summed E-state index contributed by atoms with van der Waals surface area (Å²) in [5.74, 6) is 1.91. The van der Waals surface area contributed by atoms with Crippen molar-refractivity contribution in [3.63, 3.8) is 0 Å². The van der Waals surface area contributed by atoms with Crippen LogP contribution in [0, 0.1) is 0 Å². The molecule has 0 bridgehead atoms. The van der Waals surface area contributed by atoms with Crippen LogP contribution in [0.2, 0.25) is 0 Å². The molecule has 0 spiro atoms. The highest BCUT2D eigenvalue weighted by molar-refractivity contribution is 5.98. The van der Waals surface area contributed by atoms with E-state index in [0.717, 1.165) is 62.5 Å². The normalized spacial score (nSPS) is 12.6. The number of rotatable bonds is 9. The van der Waals surface area contributed by atoms with Gasteiger partial charge in [0.2, 0.25) is 0 Å². The predicted molar refractivity (Wildman–Crippen MR) is 244 cm³/mol. The van der Waals surface area contributed by atoms with E-state index in [0.29, 0.717) is 17.5 Å². The van der Waals surface area contributed by atoms with Gasteiger partial charge in [0.1, 0.15) is 0 Å². The Morgan fingerprint density at radius 1 is 0.603 bits per heavy atom. The van der Waals surface area contributed by atoms with Gasteiger partial charge in [-0.2, -0.15) is 0 Å². The molecule has 0 radical (unpaired) electrons. The van der Waals surface area contributed by atoms with Gasteiger partial charge in [0.25, 0.3) is 0 Å². The van der Waals surface area contributed by atoms with Crippen LogP contribution in [-0.4, -0.2) is 26.6 Å². The SMILES string of the molecule is C/C=C\C(=C/C)c1nc(-c2ccccc2)nc(-c2cccc(-n3c4c(c5ccc(-c6ccc(N(C)c7ccccc7)c(-c7ccccc7)c6)cc53)C=CCC=C4)c2)n1. The van der Waals surface area contributed by atoms with Crippen molar-refractivity contribution in [3.05, 3.63) is 199 Å². The van der Waals surface area contributed by atoms with Crippen LogP contribution >= 0.6 is 0 Å². The van der Waals surface area contributed by atoms with Crippen LogP contribution in [0.15, 0.2) is 182 Å². The molecule has 8 aromatic rings. The van der Waals surface area contributed by atoms with E-state index >= 15 is 0 Å². The Labute approximate surface area is 340 Å². The monoisotopic (exact) mass is 749 g/mol. The largest absolute Gasteiger partial charge is 0.344 e. The van der Waals surface area contributed by atoms with E-state index in [1.165, 1.54) is 22.1 Å². The van der Waals surface area contributed by atoms with E-state index in [1.54, 1.807) is 0 Å². The number of hydrogen-bond donors (Lipinski definition) is 0. The first-order valence-corrected chi connectivity index (χ1v) is 19.8. The molecule has 280 valence electrons. The Balaban J connectivity index is 1.20. The van der Waals surface area contributed by atoms with Gasteiger partial charge in [0, 0.05) is 57.3 Å². The summed E-state index contributed by atoms with van der Waals surface area (Å²) >= 11 is 0. The van der Waals surface area contributed by atoms with Gasteiger partial charge in [-0.1, -0.05) is 146 Å². The molecule has 58 heavy (non-hydrogen) atoms. The summed E-state index contributed by atoms with van der Waals surface area (Å²) in [4.78, 5) is 17.3. The maximum atomic E-state index is 5.05. The molecule has 0 saturated carbocycles. The minimum absolute atomic E-state index is 0.627. The highest BCUT2D eigenvalue weighted by atomic mass is 15.1. The number of aromatic nitrogens is 4. The Bertz CT molecular complexity index is 2880. The maximum Gasteiger partial charge on any atom is 0.164 e. The van der Waals surface area contributed by atoms with Crippen molar-refractivity contribution in [1.82, 2.24) is 19.5 Å². The number of benzene rings is 6. The van der Waals surface area contributed by atoms with E-state index in [9.17, 15) is 0 Å². The van der Waals surface area contributed by atoms with Crippen molar-refractivity contribution in [2.24, 2.45) is 0 Å². The fourth-order valence-corrected chi connectivity index (χ4v) is 7.84. The topological polar surface area (TPSA) is 46.8 Å². The molecule has 0 unspecified atom stereocenters. The van der Waals surface area contributed by atoms with Gasteiger partial charge >= 0.3 is 0 Å². The van der Waals surface area contributed by atoms with Crippen molar-refractivity contribution in [1.29, 1.82) is 0 Å². The van der Waals surface area contributed by atoms with Gasteiger partial charge in [-0.15, -0.1) is 0 Å². The van der Waals surface area contributed by atoms with Crippen molar-refractivity contribution in [2.75, 3.05) is 11.9 Å². The molecule has 9 rings (SSSR count). The van der Waals surface area contributed by atoms with Crippen molar-refractivity contribution < 1.29 is 0 Å². The standard InChI is InChI=1S/C53H43N5/c1-4-19-37(5-2)51-54-52(39-22-12-7-13-23-39)56-53(55-51)42-24-18-27-44(34-42)58-49-29-17-9-16-28-45(49)46-32-30-41(36-50(46)58)40-31-33-48(57(3)43-25-14-8-15-26-43)47(35-40)38-20-10-6-11-21-38/h4-8,10-36H,9H2,1-3H3/b19-4-,37-5+. The molecule has 0 atom stereocenters. The zero-order chi connectivity index (χ0) is 39.4. The fourth-order valence-electron chi connectivity index (χ4n) is 7.84. The quantitative estimate of drug-likeness (QED) is 0.138. The molecule has 6 aromatic carbocycles. The summed E-state index contributed by atoms with van der Waals surface area (Å²) in [5.41, 5.74) is 14.3. The number of allylic oxidation sites excluding steroid dienone is 6. The molecule has 0 aliphatic heterocycles. The number of fused-ring (bicyclic) bond motifs is 3. The summed E-state index contributed by atoms with van der Waals surface area (Å²) < 4.78 is 2.39. The van der Waals surface area contributed by atoms with Crippen LogP contribution in [0.1, 0.15) is 37.4 Å². The maximum absolute atomic E-state index is 5.05. The Morgan fingerprint density at radius 3 is 2.00 bits per heavy atom. The van der Waals surface area contributed by atoms with Gasteiger partial charge in [-0.25, -0.2) is 15.0 Å². The molecule has 2 aromatic heterocycles. The smallest absolute Gasteiger partial charge is 0.164 e. The Kier molecular flexibility index (Phi) is 10.0. The third-order valence-electron chi connectivity index (χ3n) is 10.7. The van der Waals surface area contributed by atoms with Crippen molar-refractivity contribution in [2.45, 2.75) is 20.3 Å². The van der Waals surface area contributed by atoms with Gasteiger partial charge < -0.3 is 9.47 Å². The zero-order valence-corrected chi connectivity index (χ0v) is 32.9. The van der Waals surface area contributed by atoms with Crippen LogP contribution in [0.3, 0.4) is 0 Å². The summed E-state index contributed by atoms with van der Waals surface area (Å²) in [6.07, 6.45) is 16.0. The summed E-state index contributed by atoms with van der Waals surface area (Å²) in [6.45, 7) is 4.02. The molecule has 0 fully saturated rings. The lowest BCUT2D eigenvalue weighted by molar-refractivity contribution is 1.03. The van der Waals surface area contributed by atoms with Crippen molar-refractivity contribution >= 4 is 40.0 Å². The molecular formula is C53H43N5. The fraction of sp³-hybridized carbons (Fsp3) is 0.0755. The van der Waals surface area contributed by atoms with Crippen LogP contribution in [0.4, 0.5) is 11.4 Å². The van der Waals surface area contributed by atoms with E-state index < -0.39 is 0 Å². The Morgan fingerprint density at radius 2 is 1.26 bits per heavy atom. The first-order valence-electron chi connectivity index (χ1n) is 19.8. The first-order chi connectivity index (χ1) is 28.6. The molecule has 1 aliphatic rings. The lowest BCUT2D eigenvalue weighted by atomic mass is 9.96. The minimum Gasteiger partial charge on any atom is -0.344 e. The summed E-state index contributed by atoms with van der Waals surface area (Å²) in [7, 11) is 2.14. The minimum atomic E-state index is 0.627. The third-order valence-corrected chi connectivity index (χ3v) is 10.7. The van der Waals surface area contributed by atoms with E-state index in [-0.39, 0.29) is 0 Å². The summed E-state index contributed by atoms with van der Waals surface area (Å²) in [6, 6.07) is 53.6. The van der Waals surface area contributed by atoms with Gasteiger partial charge in [0.15, 0.2) is 17.5 Å². The number of nitrogens with zero attached hydrogens (tertiary/aromatic N) is 5. The van der Waals surface area contributed by atoms with Gasteiger partial charge in [-0.3, -0.25) is 0 Å².